The first-order chi connectivity index (χ1) is 14.6. The summed E-state index contributed by atoms with van der Waals surface area (Å²) >= 11 is 3.55. The summed E-state index contributed by atoms with van der Waals surface area (Å²) in [6, 6.07) is 25.8. The van der Waals surface area contributed by atoms with Crippen LogP contribution in [-0.4, -0.2) is 24.6 Å². The normalized spacial score (nSPS) is 11.7. The molecule has 0 fully saturated rings. The number of benzene rings is 3. The van der Waals surface area contributed by atoms with E-state index in [1.165, 1.54) is 13.2 Å². The summed E-state index contributed by atoms with van der Waals surface area (Å²) in [5.74, 6) is -1.02. The SMILES string of the molecule is COC(=O)C(=CC(=O)c1ccccc1)NN=C(c1ccccc1)c1ccccc1Br. The molecular weight excluding hydrogens is 444 g/mol. The van der Waals surface area contributed by atoms with Crippen LogP contribution in [0.1, 0.15) is 21.5 Å². The third kappa shape index (κ3) is 5.30. The molecule has 0 unspecified atom stereocenters. The average molecular weight is 463 g/mol. The van der Waals surface area contributed by atoms with Crippen molar-refractivity contribution in [3.05, 3.63) is 118 Å². The third-order valence-electron chi connectivity index (χ3n) is 4.20. The van der Waals surface area contributed by atoms with Crippen LogP contribution in [0.25, 0.3) is 0 Å². The average Bonchev–Trinajstić information content (AvgIpc) is 2.80. The first kappa shape index (κ1) is 21.2. The first-order valence-corrected chi connectivity index (χ1v) is 9.93. The fraction of sp³-hybridized carbons (Fsp3) is 0.0417. The maximum absolute atomic E-state index is 12.5. The van der Waals surface area contributed by atoms with E-state index in [2.05, 4.69) is 26.5 Å². The van der Waals surface area contributed by atoms with Gasteiger partial charge in [-0.3, -0.25) is 10.2 Å². The molecule has 5 nitrogen and oxygen atoms in total. The largest absolute Gasteiger partial charge is 0.464 e. The number of esters is 1. The van der Waals surface area contributed by atoms with Crippen molar-refractivity contribution in [2.45, 2.75) is 0 Å². The Kier molecular flexibility index (Phi) is 7.29. The van der Waals surface area contributed by atoms with Gasteiger partial charge in [-0.15, -0.1) is 0 Å². The van der Waals surface area contributed by atoms with Gasteiger partial charge < -0.3 is 4.74 Å². The quantitative estimate of drug-likeness (QED) is 0.181. The Morgan fingerprint density at radius 2 is 1.43 bits per heavy atom. The summed E-state index contributed by atoms with van der Waals surface area (Å²) in [4.78, 5) is 24.8. The molecule has 0 saturated heterocycles. The van der Waals surface area contributed by atoms with Crippen molar-refractivity contribution in [1.82, 2.24) is 5.43 Å². The van der Waals surface area contributed by atoms with Crippen LogP contribution in [0.2, 0.25) is 0 Å². The summed E-state index contributed by atoms with van der Waals surface area (Å²) in [6.07, 6.45) is 1.19. The second-order valence-electron chi connectivity index (χ2n) is 6.20. The lowest BCUT2D eigenvalue weighted by atomic mass is 10.0. The van der Waals surface area contributed by atoms with E-state index < -0.39 is 5.97 Å². The molecule has 6 heteroatoms. The molecule has 3 rings (SSSR count). The molecule has 0 saturated carbocycles. The number of rotatable bonds is 7. The number of nitrogens with zero attached hydrogens (tertiary/aromatic N) is 1. The van der Waals surface area contributed by atoms with Gasteiger partial charge in [0, 0.05) is 27.2 Å². The predicted octanol–water partition coefficient (Wildman–Crippen LogP) is 4.73. The van der Waals surface area contributed by atoms with Gasteiger partial charge >= 0.3 is 5.97 Å². The van der Waals surface area contributed by atoms with Crippen LogP contribution >= 0.6 is 15.9 Å². The van der Waals surface area contributed by atoms with Crippen molar-refractivity contribution in [3.63, 3.8) is 0 Å². The molecular formula is C24H19BrN2O3. The fourth-order valence-electron chi connectivity index (χ4n) is 2.71. The van der Waals surface area contributed by atoms with Crippen molar-refractivity contribution in [1.29, 1.82) is 0 Å². The number of allylic oxidation sites excluding steroid dienone is 1. The van der Waals surface area contributed by atoms with Crippen LogP contribution in [-0.2, 0) is 9.53 Å². The molecule has 30 heavy (non-hydrogen) atoms. The third-order valence-corrected chi connectivity index (χ3v) is 4.89. The Hall–Kier alpha value is -3.51. The van der Waals surface area contributed by atoms with Gasteiger partial charge in [0.1, 0.15) is 5.70 Å². The van der Waals surface area contributed by atoms with Crippen molar-refractivity contribution in [2.75, 3.05) is 7.11 Å². The van der Waals surface area contributed by atoms with Crippen LogP contribution in [0.3, 0.4) is 0 Å². The Bertz CT molecular complexity index is 1090. The number of ether oxygens (including phenoxy) is 1. The van der Waals surface area contributed by atoms with E-state index in [1.54, 1.807) is 24.3 Å². The van der Waals surface area contributed by atoms with Crippen LogP contribution in [0.4, 0.5) is 0 Å². The van der Waals surface area contributed by atoms with Gasteiger partial charge in [-0.05, 0) is 6.07 Å². The molecule has 1 N–H and O–H groups in total. The minimum atomic E-state index is -0.692. The molecule has 0 aromatic heterocycles. The van der Waals surface area contributed by atoms with E-state index >= 15 is 0 Å². The number of hydrogen-bond acceptors (Lipinski definition) is 5. The number of carbonyl (C=O) groups excluding carboxylic acids is 2. The molecule has 3 aromatic rings. The second kappa shape index (κ2) is 10.3. The van der Waals surface area contributed by atoms with E-state index in [4.69, 9.17) is 4.74 Å². The highest BCUT2D eigenvalue weighted by molar-refractivity contribution is 9.10. The molecule has 0 bridgehead atoms. The highest BCUT2D eigenvalue weighted by Gasteiger charge is 2.15. The Morgan fingerprint density at radius 1 is 0.867 bits per heavy atom. The summed E-state index contributed by atoms with van der Waals surface area (Å²) < 4.78 is 5.66. The molecule has 0 aliphatic rings. The Balaban J connectivity index is 2.00. The molecule has 0 amide bonds. The van der Waals surface area contributed by atoms with Gasteiger partial charge in [-0.1, -0.05) is 94.8 Å². The van der Waals surface area contributed by atoms with Crippen molar-refractivity contribution >= 4 is 33.4 Å². The summed E-state index contributed by atoms with van der Waals surface area (Å²) in [5, 5.41) is 4.46. The van der Waals surface area contributed by atoms with E-state index in [1.807, 2.05) is 60.7 Å². The van der Waals surface area contributed by atoms with Gasteiger partial charge in [0.2, 0.25) is 0 Å². The zero-order valence-corrected chi connectivity index (χ0v) is 17.8. The lowest BCUT2D eigenvalue weighted by molar-refractivity contribution is -0.136. The molecule has 0 radical (unpaired) electrons. The Labute approximate surface area is 183 Å². The molecule has 0 heterocycles. The standard InChI is InChI=1S/C24H19BrN2O3/c1-30-24(29)21(16-22(28)17-10-4-2-5-11-17)26-27-23(18-12-6-3-7-13-18)19-14-8-9-15-20(19)25/h2-16,26H,1H3. The number of ketones is 1. The van der Waals surface area contributed by atoms with Crippen LogP contribution in [0.15, 0.2) is 106 Å². The molecule has 150 valence electrons. The lowest BCUT2D eigenvalue weighted by Crippen LogP contribution is -2.21. The van der Waals surface area contributed by atoms with Gasteiger partial charge in [-0.25, -0.2) is 4.79 Å². The number of hydrazone groups is 1. The van der Waals surface area contributed by atoms with E-state index in [9.17, 15) is 9.59 Å². The highest BCUT2D eigenvalue weighted by atomic mass is 79.9. The summed E-state index contributed by atoms with van der Waals surface area (Å²) in [6.45, 7) is 0. The van der Waals surface area contributed by atoms with E-state index in [0.29, 0.717) is 11.3 Å². The van der Waals surface area contributed by atoms with Crippen LogP contribution in [0, 0.1) is 0 Å². The van der Waals surface area contributed by atoms with E-state index in [0.717, 1.165) is 15.6 Å². The lowest BCUT2D eigenvalue weighted by Gasteiger charge is -2.11. The molecule has 0 aliphatic heterocycles. The van der Waals surface area contributed by atoms with Gasteiger partial charge in [0.25, 0.3) is 0 Å². The topological polar surface area (TPSA) is 67.8 Å². The van der Waals surface area contributed by atoms with Crippen molar-refractivity contribution < 1.29 is 14.3 Å². The zero-order chi connectivity index (χ0) is 21.3. The summed E-state index contributed by atoms with van der Waals surface area (Å²) in [7, 11) is 1.25. The first-order valence-electron chi connectivity index (χ1n) is 9.13. The minimum Gasteiger partial charge on any atom is -0.464 e. The van der Waals surface area contributed by atoms with Crippen molar-refractivity contribution in [3.8, 4) is 0 Å². The Morgan fingerprint density at radius 3 is 2.03 bits per heavy atom. The zero-order valence-electron chi connectivity index (χ0n) is 16.2. The molecule has 0 spiro atoms. The monoisotopic (exact) mass is 462 g/mol. The smallest absolute Gasteiger partial charge is 0.356 e. The van der Waals surface area contributed by atoms with Crippen molar-refractivity contribution in [2.24, 2.45) is 5.10 Å². The molecule has 0 aliphatic carbocycles. The number of methoxy groups -OCH3 is 1. The van der Waals surface area contributed by atoms with Crippen LogP contribution < -0.4 is 5.43 Å². The predicted molar refractivity (Wildman–Crippen MR) is 120 cm³/mol. The van der Waals surface area contributed by atoms with E-state index in [-0.39, 0.29) is 11.5 Å². The van der Waals surface area contributed by atoms with Gasteiger partial charge in [0.05, 0.1) is 12.8 Å². The van der Waals surface area contributed by atoms with Crippen LogP contribution in [0.5, 0.6) is 0 Å². The number of carbonyl (C=O) groups is 2. The molecule has 3 aromatic carbocycles. The highest BCUT2D eigenvalue weighted by Crippen LogP contribution is 2.20. The van der Waals surface area contributed by atoms with Gasteiger partial charge in [-0.2, -0.15) is 5.10 Å². The number of nitrogens with one attached hydrogen (secondary N) is 1. The number of halogens is 1. The molecule has 0 atom stereocenters. The minimum absolute atomic E-state index is 0.0631. The second-order valence-corrected chi connectivity index (χ2v) is 7.05. The maximum atomic E-state index is 12.5. The maximum Gasteiger partial charge on any atom is 0.356 e. The fourth-order valence-corrected chi connectivity index (χ4v) is 3.18. The number of hydrogen-bond donors (Lipinski definition) is 1. The van der Waals surface area contributed by atoms with Gasteiger partial charge in [0.15, 0.2) is 5.78 Å². The summed E-state index contributed by atoms with van der Waals surface area (Å²) in [5.41, 5.74) is 5.40.